The molecule has 2 aromatic carbocycles. The lowest BCUT2D eigenvalue weighted by atomic mass is 10.3. The summed E-state index contributed by atoms with van der Waals surface area (Å²) in [5.41, 5.74) is 0.401. The van der Waals surface area contributed by atoms with Gasteiger partial charge in [0, 0.05) is 6.07 Å². The van der Waals surface area contributed by atoms with E-state index in [1.807, 2.05) is 13.8 Å². The molecule has 24 heavy (non-hydrogen) atoms. The summed E-state index contributed by atoms with van der Waals surface area (Å²) in [5.74, 6) is 0.987. The quantitative estimate of drug-likeness (QED) is 0.694. The molecule has 0 aliphatic rings. The molecule has 1 N–H and O–H groups in total. The van der Waals surface area contributed by atoms with Gasteiger partial charge in [0.05, 0.1) is 28.3 Å². The zero-order valence-corrected chi connectivity index (χ0v) is 16.0. The Bertz CT molecular complexity index is 793. The first-order chi connectivity index (χ1) is 11.5. The minimum atomic E-state index is -3.75. The second-order valence-corrected chi connectivity index (χ2v) is 7.51. The number of nitrogens with one attached hydrogen (secondary N) is 1. The van der Waals surface area contributed by atoms with Gasteiger partial charge in [0.25, 0.3) is 10.0 Å². The van der Waals surface area contributed by atoms with Crippen LogP contribution in [0.1, 0.15) is 20.3 Å². The van der Waals surface area contributed by atoms with Crippen LogP contribution in [0.2, 0.25) is 0 Å². The van der Waals surface area contributed by atoms with Crippen molar-refractivity contribution in [3.8, 4) is 11.5 Å². The van der Waals surface area contributed by atoms with Gasteiger partial charge >= 0.3 is 0 Å². The monoisotopic (exact) mass is 413 g/mol. The summed E-state index contributed by atoms with van der Waals surface area (Å²) < 4.78 is 39.6. The molecule has 0 aliphatic heterocycles. The third kappa shape index (κ3) is 4.64. The molecule has 0 bridgehead atoms. The van der Waals surface area contributed by atoms with E-state index in [0.717, 1.165) is 6.42 Å². The highest BCUT2D eigenvalue weighted by Crippen LogP contribution is 2.31. The van der Waals surface area contributed by atoms with Crippen LogP contribution >= 0.6 is 15.9 Å². The fourth-order valence-electron chi connectivity index (χ4n) is 2.01. The Kier molecular flexibility index (Phi) is 6.51. The first kappa shape index (κ1) is 18.6. The predicted molar refractivity (Wildman–Crippen MR) is 98.3 cm³/mol. The summed E-state index contributed by atoms with van der Waals surface area (Å²) in [6.07, 6.45) is 0.837. The fourth-order valence-corrected chi connectivity index (χ4v) is 3.46. The van der Waals surface area contributed by atoms with Gasteiger partial charge in [-0.3, -0.25) is 4.72 Å². The molecule has 0 spiro atoms. The average molecular weight is 414 g/mol. The van der Waals surface area contributed by atoms with Crippen LogP contribution < -0.4 is 14.2 Å². The molecule has 2 aromatic rings. The predicted octanol–water partition coefficient (Wildman–Crippen LogP) is 4.44. The van der Waals surface area contributed by atoms with Crippen LogP contribution in [0.3, 0.4) is 0 Å². The zero-order chi connectivity index (χ0) is 17.6. The third-order valence-electron chi connectivity index (χ3n) is 3.11. The van der Waals surface area contributed by atoms with Gasteiger partial charge in [-0.25, -0.2) is 8.42 Å². The molecule has 0 saturated carbocycles. The molecule has 0 unspecified atom stereocenters. The van der Waals surface area contributed by atoms with E-state index >= 15 is 0 Å². The van der Waals surface area contributed by atoms with Crippen LogP contribution in [-0.2, 0) is 10.0 Å². The molecule has 5 nitrogen and oxygen atoms in total. The maximum Gasteiger partial charge on any atom is 0.262 e. The van der Waals surface area contributed by atoms with E-state index < -0.39 is 10.0 Å². The van der Waals surface area contributed by atoms with Crippen molar-refractivity contribution in [3.05, 3.63) is 46.9 Å². The molecule has 0 saturated heterocycles. The van der Waals surface area contributed by atoms with E-state index in [-0.39, 0.29) is 4.90 Å². The fraction of sp³-hybridized carbons (Fsp3) is 0.294. The number of hydrogen-bond donors (Lipinski definition) is 1. The number of para-hydroxylation sites is 2. The van der Waals surface area contributed by atoms with Gasteiger partial charge in [-0.15, -0.1) is 0 Å². The molecule has 0 fully saturated rings. The molecule has 0 atom stereocenters. The Hall–Kier alpha value is -1.73. The van der Waals surface area contributed by atoms with Gasteiger partial charge in [0.2, 0.25) is 0 Å². The lowest BCUT2D eigenvalue weighted by Crippen LogP contribution is -2.14. The highest BCUT2D eigenvalue weighted by Gasteiger charge is 2.18. The second-order valence-electron chi connectivity index (χ2n) is 4.98. The molecule has 0 amide bonds. The summed E-state index contributed by atoms with van der Waals surface area (Å²) in [5, 5.41) is 0. The highest BCUT2D eigenvalue weighted by molar-refractivity contribution is 9.10. The summed E-state index contributed by atoms with van der Waals surface area (Å²) in [7, 11) is -3.75. The third-order valence-corrected chi connectivity index (χ3v) is 5.12. The van der Waals surface area contributed by atoms with Crippen molar-refractivity contribution >= 4 is 31.6 Å². The summed E-state index contributed by atoms with van der Waals surface area (Å²) in [6.45, 7) is 4.80. The number of rotatable bonds is 8. The van der Waals surface area contributed by atoms with Gasteiger partial charge in [0.15, 0.2) is 0 Å². The molecular weight excluding hydrogens is 394 g/mol. The number of ether oxygens (including phenoxy) is 2. The van der Waals surface area contributed by atoms with Crippen molar-refractivity contribution in [2.45, 2.75) is 25.2 Å². The SMILES string of the molecule is CCCOc1cc(S(=O)(=O)Nc2ccccc2OCC)ccc1Br. The van der Waals surface area contributed by atoms with Gasteiger partial charge in [0.1, 0.15) is 11.5 Å². The number of anilines is 1. The van der Waals surface area contributed by atoms with Crippen molar-refractivity contribution in [3.63, 3.8) is 0 Å². The molecule has 0 aliphatic carbocycles. The largest absolute Gasteiger partial charge is 0.492 e. The molecule has 0 heterocycles. The smallest absolute Gasteiger partial charge is 0.262 e. The standard InChI is InChI=1S/C17H20BrNO4S/c1-3-11-23-17-12-13(9-10-14(17)18)24(20,21)19-15-7-5-6-8-16(15)22-4-2/h5-10,12,19H,3-4,11H2,1-2H3. The molecule has 7 heteroatoms. The lowest BCUT2D eigenvalue weighted by molar-refractivity contribution is 0.314. The Balaban J connectivity index is 2.31. The molecule has 0 aromatic heterocycles. The van der Waals surface area contributed by atoms with Crippen molar-refractivity contribution in [1.29, 1.82) is 0 Å². The summed E-state index contributed by atoms with van der Waals surface area (Å²) >= 11 is 3.37. The molecule has 0 radical (unpaired) electrons. The van der Waals surface area contributed by atoms with Crippen LogP contribution in [0.15, 0.2) is 51.8 Å². The first-order valence-electron chi connectivity index (χ1n) is 7.65. The summed E-state index contributed by atoms with van der Waals surface area (Å²) in [4.78, 5) is 0.128. The van der Waals surface area contributed by atoms with Crippen molar-refractivity contribution in [2.24, 2.45) is 0 Å². The number of sulfonamides is 1. The minimum Gasteiger partial charge on any atom is -0.492 e. The van der Waals surface area contributed by atoms with E-state index in [1.165, 1.54) is 12.1 Å². The number of hydrogen-bond acceptors (Lipinski definition) is 4. The molecular formula is C17H20BrNO4S. The van der Waals surface area contributed by atoms with E-state index in [4.69, 9.17) is 9.47 Å². The topological polar surface area (TPSA) is 64.6 Å². The van der Waals surface area contributed by atoms with Crippen molar-refractivity contribution in [2.75, 3.05) is 17.9 Å². The maximum absolute atomic E-state index is 12.7. The van der Waals surface area contributed by atoms with E-state index in [9.17, 15) is 8.42 Å². The van der Waals surface area contributed by atoms with Crippen molar-refractivity contribution in [1.82, 2.24) is 0 Å². The normalized spacial score (nSPS) is 11.1. The first-order valence-corrected chi connectivity index (χ1v) is 9.92. The van der Waals surface area contributed by atoms with E-state index in [0.29, 0.717) is 34.9 Å². The van der Waals surface area contributed by atoms with Gasteiger partial charge < -0.3 is 9.47 Å². The highest BCUT2D eigenvalue weighted by atomic mass is 79.9. The van der Waals surface area contributed by atoms with Crippen LogP contribution in [0.4, 0.5) is 5.69 Å². The van der Waals surface area contributed by atoms with Gasteiger partial charge in [-0.05, 0) is 53.5 Å². The van der Waals surface area contributed by atoms with E-state index in [2.05, 4.69) is 20.7 Å². The molecule has 2 rings (SSSR count). The maximum atomic E-state index is 12.7. The average Bonchev–Trinajstić information content (AvgIpc) is 2.56. The van der Waals surface area contributed by atoms with Gasteiger partial charge in [-0.1, -0.05) is 19.1 Å². The van der Waals surface area contributed by atoms with Crippen LogP contribution in [0, 0.1) is 0 Å². The van der Waals surface area contributed by atoms with Crippen LogP contribution in [0.5, 0.6) is 11.5 Å². The minimum absolute atomic E-state index is 0.128. The van der Waals surface area contributed by atoms with Gasteiger partial charge in [-0.2, -0.15) is 0 Å². The second kappa shape index (κ2) is 8.39. The van der Waals surface area contributed by atoms with Crippen LogP contribution in [0.25, 0.3) is 0 Å². The molecule has 130 valence electrons. The number of halogens is 1. The Morgan fingerprint density at radius 3 is 2.50 bits per heavy atom. The lowest BCUT2D eigenvalue weighted by Gasteiger charge is -2.14. The Morgan fingerprint density at radius 1 is 1.04 bits per heavy atom. The zero-order valence-electron chi connectivity index (χ0n) is 13.6. The Morgan fingerprint density at radius 2 is 1.79 bits per heavy atom. The Labute approximate surface area is 151 Å². The number of benzene rings is 2. The van der Waals surface area contributed by atoms with Crippen molar-refractivity contribution < 1.29 is 17.9 Å². The van der Waals surface area contributed by atoms with E-state index in [1.54, 1.807) is 30.3 Å². The van der Waals surface area contributed by atoms with Crippen LogP contribution in [-0.4, -0.2) is 21.6 Å². The summed E-state index contributed by atoms with van der Waals surface area (Å²) in [6, 6.07) is 11.6.